The second-order valence-corrected chi connectivity index (χ2v) is 11.0. The second-order valence-electron chi connectivity index (χ2n) is 7.45. The van der Waals surface area contributed by atoms with Crippen molar-refractivity contribution < 1.29 is 30.9 Å². The Morgan fingerprint density at radius 1 is 1.06 bits per heavy atom. The summed E-state index contributed by atoms with van der Waals surface area (Å²) in [5, 5.41) is 9.28. The Morgan fingerprint density at radius 2 is 1.77 bits per heavy atom. The van der Waals surface area contributed by atoms with Crippen LogP contribution in [0.1, 0.15) is 28.7 Å². The molecule has 0 saturated heterocycles. The lowest BCUT2D eigenvalue weighted by Gasteiger charge is -2.26. The van der Waals surface area contributed by atoms with Crippen molar-refractivity contribution in [3.05, 3.63) is 64.7 Å². The summed E-state index contributed by atoms with van der Waals surface area (Å²) in [5.41, 5.74) is 4.11. The van der Waals surface area contributed by atoms with Crippen LogP contribution in [0.2, 0.25) is 0 Å². The molecule has 0 spiro atoms. The monoisotopic (exact) mass is 469 g/mol. The van der Waals surface area contributed by atoms with Crippen LogP contribution in [0.25, 0.3) is 0 Å². The predicted molar refractivity (Wildman–Crippen MR) is 118 cm³/mol. The molecule has 1 aliphatic heterocycles. The molecular weight excluding hydrogens is 442 g/mol. The van der Waals surface area contributed by atoms with Crippen molar-refractivity contribution in [2.45, 2.75) is 32.7 Å². The van der Waals surface area contributed by atoms with E-state index in [1.54, 1.807) is 18.2 Å². The third-order valence-electron chi connectivity index (χ3n) is 4.58. The lowest BCUT2D eigenvalue weighted by molar-refractivity contribution is -0.133. The highest BCUT2D eigenvalue weighted by molar-refractivity contribution is 7.88. The Labute approximate surface area is 183 Å². The van der Waals surface area contributed by atoms with E-state index in [4.69, 9.17) is 0 Å². The van der Waals surface area contributed by atoms with E-state index < -0.39 is 26.1 Å². The topological polar surface area (TPSA) is 118 Å². The van der Waals surface area contributed by atoms with Gasteiger partial charge in [0.1, 0.15) is 5.75 Å². The summed E-state index contributed by atoms with van der Waals surface area (Å²) in [6, 6.07) is 12.8. The van der Waals surface area contributed by atoms with Gasteiger partial charge >= 0.3 is 16.1 Å². The quantitative estimate of drug-likeness (QED) is 0.667. The summed E-state index contributed by atoms with van der Waals surface area (Å²) in [6.07, 6.45) is 3.29. The maximum absolute atomic E-state index is 11.3. The van der Waals surface area contributed by atoms with E-state index >= 15 is 0 Å². The molecule has 1 heterocycles. The Kier molecular flexibility index (Phi) is 8.21. The Morgan fingerprint density at radius 3 is 2.39 bits per heavy atom. The summed E-state index contributed by atoms with van der Waals surface area (Å²) >= 11 is 0. The second kappa shape index (κ2) is 10.3. The first-order valence-corrected chi connectivity index (χ1v) is 13.2. The number of hydrogen-bond donors (Lipinski definition) is 1. The highest BCUT2D eigenvalue weighted by Crippen LogP contribution is 2.24. The number of nitrogens with zero attached hydrogens (tertiary/aromatic N) is 1. The molecule has 1 aliphatic rings. The van der Waals surface area contributed by atoms with Crippen LogP contribution in [0, 0.1) is 6.92 Å². The highest BCUT2D eigenvalue weighted by atomic mass is 32.2. The third kappa shape index (κ3) is 8.68. The molecule has 0 unspecified atom stereocenters. The first-order valence-electron chi connectivity index (χ1n) is 9.57. The van der Waals surface area contributed by atoms with Gasteiger partial charge in [-0.15, -0.1) is 0 Å². The fourth-order valence-corrected chi connectivity index (χ4v) is 4.34. The number of aromatic hydroxyl groups is 1. The van der Waals surface area contributed by atoms with Crippen LogP contribution in [-0.4, -0.2) is 51.3 Å². The molecule has 31 heavy (non-hydrogen) atoms. The smallest absolute Gasteiger partial charge is 0.322 e. The lowest BCUT2D eigenvalue weighted by atomic mass is 10.0. The van der Waals surface area contributed by atoms with Gasteiger partial charge in [-0.3, -0.25) is 4.79 Å². The van der Waals surface area contributed by atoms with E-state index in [9.17, 15) is 26.7 Å². The number of hydrogen-bond acceptors (Lipinski definition) is 7. The standard InChI is InChI=1S/C11H14O4S.C10H13NO3S/c1-9-4-3-5-10(8-9)6-7-11(12)15-16(2,13)14;1-15(13,14)11-5-4-8-6-10(12)3-2-9(8)7-11/h3-5,8H,6-7H2,1-2H3;2-3,6,12H,4-5,7H2,1H3. The first kappa shape index (κ1) is 24.8. The van der Waals surface area contributed by atoms with E-state index in [-0.39, 0.29) is 12.2 Å². The van der Waals surface area contributed by atoms with Crippen LogP contribution >= 0.6 is 0 Å². The number of aryl methyl sites for hydroxylation is 2. The zero-order chi connectivity index (χ0) is 23.2. The molecule has 2 aromatic carbocycles. The minimum Gasteiger partial charge on any atom is -0.508 e. The zero-order valence-electron chi connectivity index (χ0n) is 17.7. The summed E-state index contributed by atoms with van der Waals surface area (Å²) < 4.78 is 49.7. The fourth-order valence-electron chi connectivity index (χ4n) is 3.12. The van der Waals surface area contributed by atoms with Crippen molar-refractivity contribution in [1.29, 1.82) is 0 Å². The van der Waals surface area contributed by atoms with E-state index in [0.717, 1.165) is 28.5 Å². The zero-order valence-corrected chi connectivity index (χ0v) is 19.4. The first-order chi connectivity index (χ1) is 14.3. The van der Waals surface area contributed by atoms with Crippen molar-refractivity contribution in [1.82, 2.24) is 4.31 Å². The number of sulfonamides is 1. The molecular formula is C21H27NO7S2. The van der Waals surface area contributed by atoms with E-state index in [1.807, 2.05) is 31.2 Å². The number of fused-ring (bicyclic) bond motifs is 1. The summed E-state index contributed by atoms with van der Waals surface area (Å²) in [6.45, 7) is 2.86. The summed E-state index contributed by atoms with van der Waals surface area (Å²) in [5.74, 6) is -0.481. The van der Waals surface area contributed by atoms with Gasteiger partial charge in [0.05, 0.1) is 18.9 Å². The minimum absolute atomic E-state index is 0.0660. The number of phenols is 1. The molecule has 170 valence electrons. The normalized spacial score (nSPS) is 14.2. The van der Waals surface area contributed by atoms with Gasteiger partial charge in [-0.05, 0) is 48.6 Å². The molecule has 2 aromatic rings. The molecule has 0 amide bonds. The average molecular weight is 470 g/mol. The molecule has 0 aromatic heterocycles. The fraction of sp³-hybridized carbons (Fsp3) is 0.381. The molecule has 0 bridgehead atoms. The molecule has 0 atom stereocenters. The maximum Gasteiger partial charge on any atom is 0.322 e. The van der Waals surface area contributed by atoms with E-state index in [2.05, 4.69) is 4.18 Å². The van der Waals surface area contributed by atoms with Gasteiger partial charge in [-0.25, -0.2) is 8.42 Å². The van der Waals surface area contributed by atoms with E-state index in [0.29, 0.717) is 25.9 Å². The summed E-state index contributed by atoms with van der Waals surface area (Å²) in [7, 11) is -6.79. The molecule has 3 rings (SSSR count). The largest absolute Gasteiger partial charge is 0.508 e. The number of phenolic OH excluding ortho intramolecular Hbond substituents is 1. The van der Waals surface area contributed by atoms with Crippen LogP contribution in [0.15, 0.2) is 42.5 Å². The van der Waals surface area contributed by atoms with E-state index in [1.165, 1.54) is 10.6 Å². The molecule has 0 saturated carbocycles. The molecule has 0 aliphatic carbocycles. The van der Waals surface area contributed by atoms with Gasteiger partial charge in [0, 0.05) is 13.1 Å². The lowest BCUT2D eigenvalue weighted by Crippen LogP contribution is -2.35. The van der Waals surface area contributed by atoms with Gasteiger partial charge in [-0.2, -0.15) is 12.7 Å². The van der Waals surface area contributed by atoms with Gasteiger partial charge in [0.2, 0.25) is 10.0 Å². The molecule has 8 nitrogen and oxygen atoms in total. The van der Waals surface area contributed by atoms with Crippen LogP contribution in [0.4, 0.5) is 0 Å². The minimum atomic E-state index is -3.69. The molecule has 1 N–H and O–H groups in total. The number of carbonyl (C=O) groups is 1. The predicted octanol–water partition coefficient (Wildman–Crippen LogP) is 2.14. The SMILES string of the molecule is CS(=O)(=O)N1CCc2cc(O)ccc2C1.Cc1cccc(CCC(=O)OS(C)(=O)=O)c1. The Hall–Kier alpha value is -2.43. The van der Waals surface area contributed by atoms with Crippen LogP contribution in [0.3, 0.4) is 0 Å². The van der Waals surface area contributed by atoms with Crippen molar-refractivity contribution in [3.63, 3.8) is 0 Å². The summed E-state index contributed by atoms with van der Waals surface area (Å²) in [4.78, 5) is 11.1. The van der Waals surface area contributed by atoms with Crippen molar-refractivity contribution in [3.8, 4) is 5.75 Å². The maximum atomic E-state index is 11.3. The van der Waals surface area contributed by atoms with Crippen LogP contribution < -0.4 is 0 Å². The molecule has 0 radical (unpaired) electrons. The molecule has 10 heteroatoms. The highest BCUT2D eigenvalue weighted by Gasteiger charge is 2.22. The van der Waals surface area contributed by atoms with Crippen molar-refractivity contribution in [2.24, 2.45) is 0 Å². The van der Waals surface area contributed by atoms with Crippen LogP contribution in [-0.2, 0) is 48.5 Å². The van der Waals surface area contributed by atoms with Crippen LogP contribution in [0.5, 0.6) is 5.75 Å². The number of carbonyl (C=O) groups excluding carboxylic acids is 1. The van der Waals surface area contributed by atoms with Gasteiger partial charge in [0.25, 0.3) is 0 Å². The van der Waals surface area contributed by atoms with Gasteiger partial charge in [-0.1, -0.05) is 35.9 Å². The number of benzene rings is 2. The van der Waals surface area contributed by atoms with Gasteiger partial charge in [0.15, 0.2) is 0 Å². The Balaban J connectivity index is 0.000000220. The third-order valence-corrected chi connectivity index (χ3v) is 6.32. The Bertz CT molecular complexity index is 1140. The number of rotatable bonds is 5. The van der Waals surface area contributed by atoms with Crippen molar-refractivity contribution in [2.75, 3.05) is 19.1 Å². The van der Waals surface area contributed by atoms with Gasteiger partial charge < -0.3 is 9.29 Å². The molecule has 0 fully saturated rings. The average Bonchev–Trinajstić information content (AvgIpc) is 2.64. The van der Waals surface area contributed by atoms with Crippen molar-refractivity contribution >= 4 is 26.1 Å².